The molecule has 1 rings (SSSR count). The van der Waals surface area contributed by atoms with E-state index in [2.05, 4.69) is 19.2 Å². The van der Waals surface area contributed by atoms with Crippen LogP contribution in [0.2, 0.25) is 0 Å². The Kier molecular flexibility index (Phi) is 3.16. The minimum absolute atomic E-state index is 0.513. The zero-order valence-corrected chi connectivity index (χ0v) is 6.89. The molecule has 0 spiro atoms. The standard InChI is InChI=1S/C8H17NO/c1-7(2)5-9-6-8-3-4-10-8/h7-9H,3-6H2,1-2H3. The molecule has 1 fully saturated rings. The first-order valence-electron chi connectivity index (χ1n) is 4.11. The van der Waals surface area contributed by atoms with Gasteiger partial charge in [0.1, 0.15) is 0 Å². The van der Waals surface area contributed by atoms with E-state index in [0.29, 0.717) is 6.10 Å². The Balaban J connectivity index is 1.85. The predicted octanol–water partition coefficient (Wildman–Crippen LogP) is 1.02. The maximum Gasteiger partial charge on any atom is 0.0721 e. The monoisotopic (exact) mass is 143 g/mol. The summed E-state index contributed by atoms with van der Waals surface area (Å²) in [5.74, 6) is 0.750. The van der Waals surface area contributed by atoms with Crippen molar-refractivity contribution < 1.29 is 4.74 Å². The van der Waals surface area contributed by atoms with Gasteiger partial charge in [0, 0.05) is 13.2 Å². The van der Waals surface area contributed by atoms with Crippen LogP contribution in [0.4, 0.5) is 0 Å². The van der Waals surface area contributed by atoms with E-state index in [1.165, 1.54) is 6.42 Å². The Morgan fingerprint density at radius 3 is 2.70 bits per heavy atom. The highest BCUT2D eigenvalue weighted by atomic mass is 16.5. The molecular formula is C8H17NO. The molecule has 10 heavy (non-hydrogen) atoms. The average molecular weight is 143 g/mol. The molecule has 0 aromatic rings. The third-order valence-corrected chi connectivity index (χ3v) is 1.72. The molecular weight excluding hydrogens is 126 g/mol. The van der Waals surface area contributed by atoms with Crippen LogP contribution in [-0.2, 0) is 4.74 Å². The normalized spacial score (nSPS) is 24.9. The van der Waals surface area contributed by atoms with Gasteiger partial charge in [-0.2, -0.15) is 0 Å². The zero-order chi connectivity index (χ0) is 7.40. The Labute approximate surface area is 63.0 Å². The van der Waals surface area contributed by atoms with Crippen molar-refractivity contribution in [2.24, 2.45) is 5.92 Å². The molecule has 1 N–H and O–H groups in total. The maximum absolute atomic E-state index is 5.25. The van der Waals surface area contributed by atoms with Gasteiger partial charge in [-0.05, 0) is 18.9 Å². The van der Waals surface area contributed by atoms with Gasteiger partial charge in [0.2, 0.25) is 0 Å². The van der Waals surface area contributed by atoms with Gasteiger partial charge < -0.3 is 10.1 Å². The van der Waals surface area contributed by atoms with Crippen LogP contribution in [-0.4, -0.2) is 25.8 Å². The van der Waals surface area contributed by atoms with Crippen molar-refractivity contribution >= 4 is 0 Å². The number of ether oxygens (including phenoxy) is 1. The lowest BCUT2D eigenvalue weighted by Gasteiger charge is -2.26. The molecule has 1 atom stereocenters. The van der Waals surface area contributed by atoms with Crippen molar-refractivity contribution in [1.82, 2.24) is 5.32 Å². The lowest BCUT2D eigenvalue weighted by atomic mass is 10.2. The van der Waals surface area contributed by atoms with E-state index in [0.717, 1.165) is 25.6 Å². The van der Waals surface area contributed by atoms with Crippen molar-refractivity contribution in [3.63, 3.8) is 0 Å². The topological polar surface area (TPSA) is 21.3 Å². The van der Waals surface area contributed by atoms with E-state index < -0.39 is 0 Å². The third kappa shape index (κ3) is 2.67. The fraction of sp³-hybridized carbons (Fsp3) is 1.00. The second-order valence-corrected chi connectivity index (χ2v) is 3.33. The first-order chi connectivity index (χ1) is 4.79. The lowest BCUT2D eigenvalue weighted by Crippen LogP contribution is -2.38. The molecule has 60 valence electrons. The van der Waals surface area contributed by atoms with Crippen molar-refractivity contribution in [3.8, 4) is 0 Å². The summed E-state index contributed by atoms with van der Waals surface area (Å²) in [4.78, 5) is 0. The Morgan fingerprint density at radius 2 is 2.30 bits per heavy atom. The van der Waals surface area contributed by atoms with Crippen LogP contribution in [0.3, 0.4) is 0 Å². The van der Waals surface area contributed by atoms with Gasteiger partial charge in [0.15, 0.2) is 0 Å². The molecule has 0 radical (unpaired) electrons. The van der Waals surface area contributed by atoms with E-state index in [1.54, 1.807) is 0 Å². The largest absolute Gasteiger partial charge is 0.377 e. The molecule has 2 nitrogen and oxygen atoms in total. The van der Waals surface area contributed by atoms with Gasteiger partial charge in [0.25, 0.3) is 0 Å². The average Bonchev–Trinajstić information content (AvgIpc) is 1.75. The molecule has 0 aromatic carbocycles. The maximum atomic E-state index is 5.25. The lowest BCUT2D eigenvalue weighted by molar-refractivity contribution is -0.0484. The summed E-state index contributed by atoms with van der Waals surface area (Å²) in [5, 5.41) is 3.36. The molecule has 0 bridgehead atoms. The van der Waals surface area contributed by atoms with Gasteiger partial charge in [0.05, 0.1) is 6.10 Å². The second kappa shape index (κ2) is 3.94. The van der Waals surface area contributed by atoms with Crippen LogP contribution >= 0.6 is 0 Å². The molecule has 2 heteroatoms. The first-order valence-corrected chi connectivity index (χ1v) is 4.11. The van der Waals surface area contributed by atoms with E-state index in [1.807, 2.05) is 0 Å². The molecule has 1 aliphatic heterocycles. The number of nitrogens with one attached hydrogen (secondary N) is 1. The Hall–Kier alpha value is -0.0800. The highest BCUT2D eigenvalue weighted by Crippen LogP contribution is 2.08. The molecule has 0 aromatic heterocycles. The number of hydrogen-bond acceptors (Lipinski definition) is 2. The molecule has 0 saturated carbocycles. The summed E-state index contributed by atoms with van der Waals surface area (Å²) in [6.45, 7) is 7.55. The smallest absolute Gasteiger partial charge is 0.0721 e. The van der Waals surface area contributed by atoms with Gasteiger partial charge in [-0.25, -0.2) is 0 Å². The van der Waals surface area contributed by atoms with Crippen LogP contribution < -0.4 is 5.32 Å². The second-order valence-electron chi connectivity index (χ2n) is 3.33. The Bertz CT molecular complexity index is 89.3. The molecule has 0 amide bonds. The number of hydrogen-bond donors (Lipinski definition) is 1. The summed E-state index contributed by atoms with van der Waals surface area (Å²) in [6, 6.07) is 0. The molecule has 1 saturated heterocycles. The Morgan fingerprint density at radius 1 is 1.60 bits per heavy atom. The van der Waals surface area contributed by atoms with Crippen LogP contribution in [0.1, 0.15) is 20.3 Å². The zero-order valence-electron chi connectivity index (χ0n) is 6.89. The van der Waals surface area contributed by atoms with E-state index in [9.17, 15) is 0 Å². The van der Waals surface area contributed by atoms with Crippen molar-refractivity contribution in [2.45, 2.75) is 26.4 Å². The fourth-order valence-electron chi connectivity index (χ4n) is 0.979. The van der Waals surface area contributed by atoms with Gasteiger partial charge >= 0.3 is 0 Å². The minimum atomic E-state index is 0.513. The summed E-state index contributed by atoms with van der Waals surface area (Å²) >= 11 is 0. The highest BCUT2D eigenvalue weighted by Gasteiger charge is 2.16. The summed E-state index contributed by atoms with van der Waals surface area (Å²) in [5.41, 5.74) is 0. The van der Waals surface area contributed by atoms with Gasteiger partial charge in [-0.15, -0.1) is 0 Å². The highest BCUT2D eigenvalue weighted by molar-refractivity contribution is 4.69. The number of rotatable bonds is 4. The van der Waals surface area contributed by atoms with Crippen molar-refractivity contribution in [1.29, 1.82) is 0 Å². The fourth-order valence-corrected chi connectivity index (χ4v) is 0.979. The minimum Gasteiger partial charge on any atom is -0.377 e. The van der Waals surface area contributed by atoms with E-state index >= 15 is 0 Å². The van der Waals surface area contributed by atoms with Crippen LogP contribution in [0.25, 0.3) is 0 Å². The summed E-state index contributed by atoms with van der Waals surface area (Å²) in [6.07, 6.45) is 1.75. The van der Waals surface area contributed by atoms with Crippen LogP contribution in [0.5, 0.6) is 0 Å². The van der Waals surface area contributed by atoms with Gasteiger partial charge in [-0.1, -0.05) is 13.8 Å². The quantitative estimate of drug-likeness (QED) is 0.634. The first kappa shape index (κ1) is 8.02. The van der Waals surface area contributed by atoms with Crippen LogP contribution in [0.15, 0.2) is 0 Å². The molecule has 1 aliphatic rings. The third-order valence-electron chi connectivity index (χ3n) is 1.72. The summed E-state index contributed by atoms with van der Waals surface area (Å²) < 4.78 is 5.25. The van der Waals surface area contributed by atoms with E-state index in [4.69, 9.17) is 4.74 Å². The SMILES string of the molecule is CC(C)CNCC1CCO1. The molecule has 0 aliphatic carbocycles. The van der Waals surface area contributed by atoms with Gasteiger partial charge in [-0.3, -0.25) is 0 Å². The summed E-state index contributed by atoms with van der Waals surface area (Å²) in [7, 11) is 0. The van der Waals surface area contributed by atoms with Crippen molar-refractivity contribution in [2.75, 3.05) is 19.7 Å². The molecule has 1 unspecified atom stereocenters. The molecule has 1 heterocycles. The van der Waals surface area contributed by atoms with Crippen LogP contribution in [0, 0.1) is 5.92 Å². The predicted molar refractivity (Wildman–Crippen MR) is 42.1 cm³/mol. The van der Waals surface area contributed by atoms with E-state index in [-0.39, 0.29) is 0 Å². The van der Waals surface area contributed by atoms with Crippen molar-refractivity contribution in [3.05, 3.63) is 0 Å².